The minimum atomic E-state index is -3.65. The molecular weight excluding hydrogens is 276 g/mol. The Morgan fingerprint density at radius 2 is 2.20 bits per heavy atom. The van der Waals surface area contributed by atoms with E-state index in [9.17, 15) is 13.5 Å². The van der Waals surface area contributed by atoms with Gasteiger partial charge in [-0.3, -0.25) is 0 Å². The van der Waals surface area contributed by atoms with Crippen LogP contribution in [-0.2, 0) is 10.0 Å². The molecule has 1 aromatic carbocycles. The van der Waals surface area contributed by atoms with Gasteiger partial charge in [-0.15, -0.1) is 0 Å². The van der Waals surface area contributed by atoms with Gasteiger partial charge in [0.25, 0.3) is 0 Å². The zero-order valence-electron chi connectivity index (χ0n) is 11.3. The molecule has 0 aliphatic heterocycles. The van der Waals surface area contributed by atoms with E-state index in [1.54, 1.807) is 19.1 Å². The Bertz CT molecular complexity index is 634. The highest BCUT2D eigenvalue weighted by Gasteiger charge is 2.27. The number of hydrogen-bond donors (Lipinski definition) is 2. The molecule has 0 saturated heterocycles. The number of aliphatic hydroxyl groups is 1. The fourth-order valence-electron chi connectivity index (χ4n) is 2.51. The lowest BCUT2D eigenvalue weighted by atomic mass is 10.1. The second-order valence-corrected chi connectivity index (χ2v) is 6.94. The highest BCUT2D eigenvalue weighted by Crippen LogP contribution is 2.25. The normalized spacial score (nSPS) is 22.6. The summed E-state index contributed by atoms with van der Waals surface area (Å²) in [6.07, 6.45) is 2.07. The number of sulfonamides is 1. The predicted molar refractivity (Wildman–Crippen MR) is 74.4 cm³/mol. The highest BCUT2D eigenvalue weighted by atomic mass is 32.2. The van der Waals surface area contributed by atoms with Gasteiger partial charge in [0, 0.05) is 6.54 Å². The molecule has 2 rings (SSSR count). The van der Waals surface area contributed by atoms with E-state index in [0.717, 1.165) is 19.3 Å². The van der Waals surface area contributed by atoms with Gasteiger partial charge >= 0.3 is 0 Å². The molecule has 0 spiro atoms. The molecule has 1 aliphatic carbocycles. The molecule has 108 valence electrons. The van der Waals surface area contributed by atoms with Gasteiger partial charge in [-0.1, -0.05) is 12.5 Å². The number of rotatable bonds is 4. The maximum atomic E-state index is 12.3. The Labute approximate surface area is 119 Å². The first kappa shape index (κ1) is 15.0. The molecule has 1 fully saturated rings. The Morgan fingerprint density at radius 1 is 1.45 bits per heavy atom. The van der Waals surface area contributed by atoms with Gasteiger partial charge in [-0.25, -0.2) is 13.1 Å². The Kier molecular flexibility index (Phi) is 4.43. The number of aliphatic hydroxyl groups excluding tert-OH is 1. The quantitative estimate of drug-likeness (QED) is 0.876. The van der Waals surface area contributed by atoms with Crippen LogP contribution in [0.15, 0.2) is 23.1 Å². The molecular formula is C14H18N2O3S. The van der Waals surface area contributed by atoms with Crippen molar-refractivity contribution in [3.63, 3.8) is 0 Å². The maximum absolute atomic E-state index is 12.3. The van der Waals surface area contributed by atoms with Crippen LogP contribution in [0.1, 0.15) is 30.4 Å². The molecule has 6 heteroatoms. The Hall–Kier alpha value is -1.42. The van der Waals surface area contributed by atoms with E-state index in [0.29, 0.717) is 11.1 Å². The zero-order chi connectivity index (χ0) is 14.8. The summed E-state index contributed by atoms with van der Waals surface area (Å²) >= 11 is 0. The lowest BCUT2D eigenvalue weighted by molar-refractivity contribution is 0.134. The standard InChI is InChI=1S/C14H18N2O3S/c1-10-5-6-11(8-15)7-14(10)20(18,19)16-9-12-3-2-4-13(12)17/h5-7,12-13,16-17H,2-4,9H2,1H3. The molecule has 0 radical (unpaired) electrons. The molecule has 2 atom stereocenters. The largest absolute Gasteiger partial charge is 0.393 e. The zero-order valence-corrected chi connectivity index (χ0v) is 12.2. The molecule has 1 aromatic rings. The highest BCUT2D eigenvalue weighted by molar-refractivity contribution is 7.89. The molecule has 1 aliphatic rings. The van der Waals surface area contributed by atoms with Crippen LogP contribution >= 0.6 is 0 Å². The molecule has 0 aromatic heterocycles. The molecule has 0 heterocycles. The summed E-state index contributed by atoms with van der Waals surface area (Å²) in [5.41, 5.74) is 0.917. The van der Waals surface area contributed by atoms with E-state index in [4.69, 9.17) is 5.26 Å². The summed E-state index contributed by atoms with van der Waals surface area (Å²) < 4.78 is 27.1. The monoisotopic (exact) mass is 294 g/mol. The van der Waals surface area contributed by atoms with Gasteiger partial charge in [-0.05, 0) is 43.4 Å². The van der Waals surface area contributed by atoms with Crippen LogP contribution in [0.5, 0.6) is 0 Å². The summed E-state index contributed by atoms with van der Waals surface area (Å²) in [6, 6.07) is 6.53. The van der Waals surface area contributed by atoms with Crippen molar-refractivity contribution >= 4 is 10.0 Å². The molecule has 2 N–H and O–H groups in total. The van der Waals surface area contributed by atoms with E-state index in [-0.39, 0.29) is 17.4 Å². The van der Waals surface area contributed by atoms with Crippen molar-refractivity contribution in [2.45, 2.75) is 37.2 Å². The summed E-state index contributed by atoms with van der Waals surface area (Å²) in [4.78, 5) is 0.129. The van der Waals surface area contributed by atoms with Crippen molar-refractivity contribution in [1.29, 1.82) is 5.26 Å². The summed E-state index contributed by atoms with van der Waals surface area (Å²) in [5, 5.41) is 18.6. The third kappa shape index (κ3) is 3.18. The van der Waals surface area contributed by atoms with Crippen molar-refractivity contribution < 1.29 is 13.5 Å². The van der Waals surface area contributed by atoms with Crippen molar-refractivity contribution in [2.75, 3.05) is 6.54 Å². The maximum Gasteiger partial charge on any atom is 0.240 e. The third-order valence-electron chi connectivity index (χ3n) is 3.76. The van der Waals surface area contributed by atoms with Crippen LogP contribution in [0.2, 0.25) is 0 Å². The summed E-state index contributed by atoms with van der Waals surface area (Å²) in [7, 11) is -3.65. The number of nitrogens with zero attached hydrogens (tertiary/aromatic N) is 1. The molecule has 0 bridgehead atoms. The van der Waals surface area contributed by atoms with Gasteiger partial charge in [0.05, 0.1) is 22.6 Å². The minimum Gasteiger partial charge on any atom is -0.393 e. The van der Waals surface area contributed by atoms with Gasteiger partial charge in [0.2, 0.25) is 10.0 Å². The number of hydrogen-bond acceptors (Lipinski definition) is 4. The van der Waals surface area contributed by atoms with E-state index in [2.05, 4.69) is 4.72 Å². The van der Waals surface area contributed by atoms with E-state index >= 15 is 0 Å². The lowest BCUT2D eigenvalue weighted by Gasteiger charge is -2.16. The topological polar surface area (TPSA) is 90.2 Å². The molecule has 1 saturated carbocycles. The number of nitriles is 1. The van der Waals surface area contributed by atoms with Gasteiger partial charge in [0.15, 0.2) is 0 Å². The SMILES string of the molecule is Cc1ccc(C#N)cc1S(=O)(=O)NCC1CCCC1O. The fraction of sp³-hybridized carbons (Fsp3) is 0.500. The average molecular weight is 294 g/mol. The van der Waals surface area contributed by atoms with Crippen LogP contribution in [0.3, 0.4) is 0 Å². The second-order valence-electron chi connectivity index (χ2n) is 5.20. The molecule has 2 unspecified atom stereocenters. The van der Waals surface area contributed by atoms with Crippen LogP contribution in [0.25, 0.3) is 0 Å². The van der Waals surface area contributed by atoms with E-state index < -0.39 is 16.1 Å². The predicted octanol–water partition coefficient (Wildman–Crippen LogP) is 1.31. The van der Waals surface area contributed by atoms with Crippen molar-refractivity contribution in [3.8, 4) is 6.07 Å². The first-order valence-electron chi connectivity index (χ1n) is 6.62. The van der Waals surface area contributed by atoms with Crippen LogP contribution < -0.4 is 4.72 Å². The van der Waals surface area contributed by atoms with Crippen molar-refractivity contribution in [1.82, 2.24) is 4.72 Å². The fourth-order valence-corrected chi connectivity index (χ4v) is 3.87. The van der Waals surface area contributed by atoms with Gasteiger partial charge < -0.3 is 5.11 Å². The average Bonchev–Trinajstić information content (AvgIpc) is 2.82. The second kappa shape index (κ2) is 5.92. The van der Waals surface area contributed by atoms with E-state index in [1.807, 2.05) is 6.07 Å². The van der Waals surface area contributed by atoms with Crippen LogP contribution in [0.4, 0.5) is 0 Å². The Morgan fingerprint density at radius 3 is 2.80 bits per heavy atom. The molecule has 20 heavy (non-hydrogen) atoms. The third-order valence-corrected chi connectivity index (χ3v) is 5.33. The minimum absolute atomic E-state index is 0.0239. The first-order chi connectivity index (χ1) is 9.44. The van der Waals surface area contributed by atoms with Crippen LogP contribution in [0, 0.1) is 24.2 Å². The molecule has 5 nitrogen and oxygen atoms in total. The first-order valence-corrected chi connectivity index (χ1v) is 8.11. The summed E-state index contributed by atoms with van der Waals surface area (Å²) in [5.74, 6) is -0.0239. The molecule has 0 amide bonds. The smallest absolute Gasteiger partial charge is 0.240 e. The number of aryl methyl sites for hydroxylation is 1. The number of benzene rings is 1. The van der Waals surface area contributed by atoms with Gasteiger partial charge in [0.1, 0.15) is 0 Å². The van der Waals surface area contributed by atoms with Crippen molar-refractivity contribution in [3.05, 3.63) is 29.3 Å². The lowest BCUT2D eigenvalue weighted by Crippen LogP contribution is -2.32. The Balaban J connectivity index is 2.16. The van der Waals surface area contributed by atoms with Gasteiger partial charge in [-0.2, -0.15) is 5.26 Å². The van der Waals surface area contributed by atoms with Crippen molar-refractivity contribution in [2.24, 2.45) is 5.92 Å². The van der Waals surface area contributed by atoms with E-state index in [1.165, 1.54) is 6.07 Å². The number of nitrogens with one attached hydrogen (secondary N) is 1. The summed E-state index contributed by atoms with van der Waals surface area (Å²) in [6.45, 7) is 1.93. The van der Waals surface area contributed by atoms with Crippen LogP contribution in [-0.4, -0.2) is 26.2 Å².